The second-order valence-corrected chi connectivity index (χ2v) is 9.08. The van der Waals surface area contributed by atoms with Crippen molar-refractivity contribution in [3.05, 3.63) is 65.2 Å². The second kappa shape index (κ2) is 10.5. The minimum Gasteiger partial charge on any atom is -0.481 e. The Morgan fingerprint density at radius 2 is 1.62 bits per heavy atom. The zero-order chi connectivity index (χ0) is 21.4. The maximum absolute atomic E-state index is 12.5. The van der Waals surface area contributed by atoms with E-state index in [0.29, 0.717) is 18.9 Å². The highest BCUT2D eigenvalue weighted by molar-refractivity contribution is 5.81. The van der Waals surface area contributed by atoms with Crippen LogP contribution in [0.4, 0.5) is 0 Å². The zero-order valence-corrected chi connectivity index (χ0v) is 18.9. The van der Waals surface area contributed by atoms with Gasteiger partial charge in [0.1, 0.15) is 5.75 Å². The SMILES string of the molecule is CCC(Oc1ccc(C(C)(C)C)cc1)C(=O)NCCCc1ccc(C(C)C)cc1. The van der Waals surface area contributed by atoms with Crippen molar-refractivity contribution >= 4 is 5.91 Å². The van der Waals surface area contributed by atoms with Crippen LogP contribution in [0, 0.1) is 0 Å². The van der Waals surface area contributed by atoms with Gasteiger partial charge in [0.2, 0.25) is 0 Å². The van der Waals surface area contributed by atoms with Crippen molar-refractivity contribution in [3.63, 3.8) is 0 Å². The highest BCUT2D eigenvalue weighted by Crippen LogP contribution is 2.25. The number of carbonyl (C=O) groups excluding carboxylic acids is 1. The topological polar surface area (TPSA) is 38.3 Å². The summed E-state index contributed by atoms with van der Waals surface area (Å²) in [5.74, 6) is 1.26. The molecular weight excluding hydrogens is 358 g/mol. The van der Waals surface area contributed by atoms with E-state index in [-0.39, 0.29) is 11.3 Å². The molecule has 0 radical (unpaired) electrons. The van der Waals surface area contributed by atoms with Gasteiger partial charge in [-0.25, -0.2) is 0 Å². The molecule has 0 spiro atoms. The second-order valence-electron chi connectivity index (χ2n) is 9.08. The highest BCUT2D eigenvalue weighted by Gasteiger charge is 2.19. The van der Waals surface area contributed by atoms with Crippen LogP contribution < -0.4 is 10.1 Å². The number of nitrogens with one attached hydrogen (secondary N) is 1. The van der Waals surface area contributed by atoms with Crippen LogP contribution in [-0.4, -0.2) is 18.6 Å². The van der Waals surface area contributed by atoms with Gasteiger partial charge in [0.05, 0.1) is 0 Å². The first kappa shape index (κ1) is 23.0. The molecule has 0 bridgehead atoms. The summed E-state index contributed by atoms with van der Waals surface area (Å²) in [6, 6.07) is 16.8. The molecule has 158 valence electrons. The molecule has 29 heavy (non-hydrogen) atoms. The fourth-order valence-corrected chi connectivity index (χ4v) is 3.21. The Morgan fingerprint density at radius 3 is 2.14 bits per heavy atom. The molecule has 1 N–H and O–H groups in total. The first-order valence-corrected chi connectivity index (χ1v) is 10.8. The van der Waals surface area contributed by atoms with Crippen LogP contribution in [0.25, 0.3) is 0 Å². The van der Waals surface area contributed by atoms with Gasteiger partial charge in [-0.05, 0) is 59.4 Å². The van der Waals surface area contributed by atoms with E-state index >= 15 is 0 Å². The minimum absolute atomic E-state index is 0.0393. The van der Waals surface area contributed by atoms with E-state index in [0.717, 1.165) is 18.6 Å². The fourth-order valence-electron chi connectivity index (χ4n) is 3.21. The Morgan fingerprint density at radius 1 is 1.00 bits per heavy atom. The Bertz CT molecular complexity index is 755. The van der Waals surface area contributed by atoms with E-state index in [1.807, 2.05) is 19.1 Å². The lowest BCUT2D eigenvalue weighted by atomic mass is 9.87. The lowest BCUT2D eigenvalue weighted by molar-refractivity contribution is -0.128. The van der Waals surface area contributed by atoms with Crippen molar-refractivity contribution in [2.24, 2.45) is 0 Å². The zero-order valence-electron chi connectivity index (χ0n) is 18.9. The van der Waals surface area contributed by atoms with Crippen LogP contribution >= 0.6 is 0 Å². The summed E-state index contributed by atoms with van der Waals surface area (Å²) < 4.78 is 5.93. The van der Waals surface area contributed by atoms with E-state index in [2.05, 4.69) is 76.3 Å². The lowest BCUT2D eigenvalue weighted by Gasteiger charge is -2.21. The van der Waals surface area contributed by atoms with Gasteiger partial charge in [-0.3, -0.25) is 4.79 Å². The summed E-state index contributed by atoms with van der Waals surface area (Å²) in [7, 11) is 0. The number of hydrogen-bond donors (Lipinski definition) is 1. The van der Waals surface area contributed by atoms with E-state index in [1.54, 1.807) is 0 Å². The smallest absolute Gasteiger partial charge is 0.261 e. The number of ether oxygens (including phenoxy) is 1. The number of aryl methyl sites for hydroxylation is 1. The summed E-state index contributed by atoms with van der Waals surface area (Å²) in [5, 5.41) is 3.03. The Hall–Kier alpha value is -2.29. The predicted octanol–water partition coefficient (Wildman–Crippen LogP) is 6.01. The number of carbonyl (C=O) groups is 1. The fraction of sp³-hybridized carbons (Fsp3) is 0.500. The van der Waals surface area contributed by atoms with Crippen LogP contribution in [0.3, 0.4) is 0 Å². The molecule has 0 aromatic heterocycles. The maximum Gasteiger partial charge on any atom is 0.261 e. The Balaban J connectivity index is 1.79. The van der Waals surface area contributed by atoms with Crippen molar-refractivity contribution in [3.8, 4) is 5.75 Å². The molecule has 1 amide bonds. The number of rotatable bonds is 9. The Labute approximate surface area is 176 Å². The minimum atomic E-state index is -0.458. The normalized spacial score (nSPS) is 12.7. The standard InChI is InChI=1S/C26H37NO2/c1-7-24(29-23-16-14-22(15-17-23)26(4,5)6)25(28)27-18-8-9-20-10-12-21(13-11-20)19(2)3/h10-17,19,24H,7-9,18H2,1-6H3,(H,27,28). The maximum atomic E-state index is 12.5. The molecule has 0 heterocycles. The van der Waals surface area contributed by atoms with Gasteiger partial charge < -0.3 is 10.1 Å². The summed E-state index contributed by atoms with van der Waals surface area (Å²) in [6.45, 7) is 13.6. The van der Waals surface area contributed by atoms with Gasteiger partial charge in [0.15, 0.2) is 6.10 Å². The molecule has 3 nitrogen and oxygen atoms in total. The largest absolute Gasteiger partial charge is 0.481 e. The highest BCUT2D eigenvalue weighted by atomic mass is 16.5. The van der Waals surface area contributed by atoms with E-state index < -0.39 is 6.10 Å². The summed E-state index contributed by atoms with van der Waals surface area (Å²) in [5.41, 5.74) is 4.03. The van der Waals surface area contributed by atoms with Crippen molar-refractivity contribution in [2.45, 2.75) is 78.2 Å². The van der Waals surface area contributed by atoms with Gasteiger partial charge >= 0.3 is 0 Å². The summed E-state index contributed by atoms with van der Waals surface area (Å²) in [4.78, 5) is 12.5. The molecule has 2 rings (SSSR count). The molecule has 0 fully saturated rings. The van der Waals surface area contributed by atoms with Crippen molar-refractivity contribution in [1.29, 1.82) is 0 Å². The van der Waals surface area contributed by atoms with E-state index in [1.165, 1.54) is 16.7 Å². The van der Waals surface area contributed by atoms with E-state index in [4.69, 9.17) is 4.74 Å². The molecule has 0 aliphatic rings. The molecule has 1 atom stereocenters. The average Bonchev–Trinajstić information content (AvgIpc) is 2.69. The molecule has 2 aromatic carbocycles. The summed E-state index contributed by atoms with van der Waals surface area (Å²) >= 11 is 0. The predicted molar refractivity (Wildman–Crippen MR) is 122 cm³/mol. The molecule has 0 saturated carbocycles. The lowest BCUT2D eigenvalue weighted by Crippen LogP contribution is -2.38. The number of hydrogen-bond acceptors (Lipinski definition) is 2. The number of benzene rings is 2. The van der Waals surface area contributed by atoms with Crippen molar-refractivity contribution < 1.29 is 9.53 Å². The molecule has 2 aromatic rings. The molecule has 3 heteroatoms. The third-order valence-electron chi connectivity index (χ3n) is 5.25. The van der Waals surface area contributed by atoms with Crippen molar-refractivity contribution in [2.75, 3.05) is 6.54 Å². The van der Waals surface area contributed by atoms with Crippen LogP contribution in [0.2, 0.25) is 0 Å². The monoisotopic (exact) mass is 395 g/mol. The van der Waals surface area contributed by atoms with Gasteiger partial charge in [0.25, 0.3) is 5.91 Å². The Kier molecular flexibility index (Phi) is 8.31. The first-order chi connectivity index (χ1) is 13.7. The van der Waals surface area contributed by atoms with Crippen molar-refractivity contribution in [1.82, 2.24) is 5.32 Å². The molecular formula is C26H37NO2. The first-order valence-electron chi connectivity index (χ1n) is 10.8. The third kappa shape index (κ3) is 7.23. The molecule has 0 aliphatic carbocycles. The van der Waals surface area contributed by atoms with Gasteiger partial charge in [-0.1, -0.05) is 77.9 Å². The van der Waals surface area contributed by atoms with Gasteiger partial charge in [-0.15, -0.1) is 0 Å². The quantitative estimate of drug-likeness (QED) is 0.528. The van der Waals surface area contributed by atoms with Crippen LogP contribution in [0.5, 0.6) is 5.75 Å². The summed E-state index contributed by atoms with van der Waals surface area (Å²) in [6.07, 6.45) is 2.07. The van der Waals surface area contributed by atoms with Crippen LogP contribution in [0.1, 0.15) is 77.0 Å². The van der Waals surface area contributed by atoms with Crippen LogP contribution in [0.15, 0.2) is 48.5 Å². The third-order valence-corrected chi connectivity index (χ3v) is 5.25. The molecule has 0 aliphatic heterocycles. The van der Waals surface area contributed by atoms with Gasteiger partial charge in [-0.2, -0.15) is 0 Å². The number of amides is 1. The molecule has 0 saturated heterocycles. The van der Waals surface area contributed by atoms with E-state index in [9.17, 15) is 4.79 Å². The molecule has 1 unspecified atom stereocenters. The average molecular weight is 396 g/mol. The van der Waals surface area contributed by atoms with Gasteiger partial charge in [0, 0.05) is 6.54 Å². The van der Waals surface area contributed by atoms with Crippen LogP contribution in [-0.2, 0) is 16.6 Å².